The van der Waals surface area contributed by atoms with E-state index in [0.29, 0.717) is 22.4 Å². The standard InChI is InChI=1S/C20H13ClF3N3O3/c21-13-3-2-12-11(7-25-17(12)18(13)30-9-22)6-16-19(28)27(20(29)26-16)8-10-1-4-14(23)15(24)5-10/h1-7,28H,8-9H2,(H,26,29)/b11-6+. The van der Waals surface area contributed by atoms with E-state index in [-0.39, 0.29) is 23.0 Å². The molecule has 0 amide bonds. The molecule has 10 heteroatoms. The van der Waals surface area contributed by atoms with Crippen LogP contribution in [-0.4, -0.2) is 27.7 Å². The van der Waals surface area contributed by atoms with Crippen LogP contribution in [0.4, 0.5) is 18.9 Å². The van der Waals surface area contributed by atoms with Crippen molar-refractivity contribution in [3.05, 3.63) is 74.3 Å². The minimum atomic E-state index is -1.08. The monoisotopic (exact) mass is 435 g/mol. The Hall–Kier alpha value is -3.46. The Bertz CT molecular complexity index is 1260. The summed E-state index contributed by atoms with van der Waals surface area (Å²) in [6.07, 6.45) is 2.93. The summed E-state index contributed by atoms with van der Waals surface area (Å²) < 4.78 is 45.0. The van der Waals surface area contributed by atoms with Crippen molar-refractivity contribution in [3.8, 4) is 11.6 Å². The molecule has 4 rings (SSSR count). The molecule has 0 bridgehead atoms. The topological polar surface area (TPSA) is 79.6 Å². The van der Waals surface area contributed by atoms with Crippen LogP contribution in [0.3, 0.4) is 0 Å². The Morgan fingerprint density at radius 3 is 2.77 bits per heavy atom. The lowest BCUT2D eigenvalue weighted by Gasteiger charge is -2.08. The van der Waals surface area contributed by atoms with E-state index in [0.717, 1.165) is 16.7 Å². The predicted molar refractivity (Wildman–Crippen MR) is 106 cm³/mol. The maximum Gasteiger partial charge on any atom is 0.329 e. The van der Waals surface area contributed by atoms with Gasteiger partial charge in [-0.3, -0.25) is 9.56 Å². The molecule has 0 fully saturated rings. The number of nitrogens with zero attached hydrogens (tertiary/aromatic N) is 2. The molecule has 1 aromatic heterocycles. The van der Waals surface area contributed by atoms with Crippen LogP contribution in [0.2, 0.25) is 5.02 Å². The van der Waals surface area contributed by atoms with E-state index in [1.807, 2.05) is 0 Å². The van der Waals surface area contributed by atoms with Crippen molar-refractivity contribution >= 4 is 35.2 Å². The fraction of sp³-hybridized carbons (Fsp3) is 0.100. The molecule has 0 spiro atoms. The summed E-state index contributed by atoms with van der Waals surface area (Å²) in [6, 6.07) is 6.37. The van der Waals surface area contributed by atoms with Gasteiger partial charge in [-0.25, -0.2) is 18.0 Å². The molecular formula is C20H13ClF3N3O3. The van der Waals surface area contributed by atoms with E-state index in [1.54, 1.807) is 6.07 Å². The lowest BCUT2D eigenvalue weighted by molar-refractivity contribution is 0.192. The number of aromatic nitrogens is 2. The molecule has 0 saturated carbocycles. The van der Waals surface area contributed by atoms with Crippen LogP contribution in [0.25, 0.3) is 11.6 Å². The largest absolute Gasteiger partial charge is 0.493 e. The van der Waals surface area contributed by atoms with Gasteiger partial charge in [0.15, 0.2) is 17.4 Å². The predicted octanol–water partition coefficient (Wildman–Crippen LogP) is 4.42. The zero-order chi connectivity index (χ0) is 21.4. The van der Waals surface area contributed by atoms with E-state index in [9.17, 15) is 23.1 Å². The summed E-state index contributed by atoms with van der Waals surface area (Å²) >= 11 is 6.02. The maximum absolute atomic E-state index is 13.4. The number of allylic oxidation sites excluding steroid dienone is 1. The third kappa shape index (κ3) is 3.48. The van der Waals surface area contributed by atoms with Gasteiger partial charge in [-0.2, -0.15) is 0 Å². The number of aliphatic imine (C=N–C) groups is 1. The summed E-state index contributed by atoms with van der Waals surface area (Å²) in [6.45, 7) is -1.25. The second-order valence-electron chi connectivity index (χ2n) is 6.39. The summed E-state index contributed by atoms with van der Waals surface area (Å²) in [5.41, 5.74) is 1.14. The molecule has 0 unspecified atom stereocenters. The fourth-order valence-corrected chi connectivity index (χ4v) is 3.33. The smallest absolute Gasteiger partial charge is 0.329 e. The Balaban J connectivity index is 1.70. The van der Waals surface area contributed by atoms with Gasteiger partial charge in [-0.05, 0) is 29.8 Å². The highest BCUT2D eigenvalue weighted by Gasteiger charge is 2.21. The number of hydrogen-bond donors (Lipinski definition) is 2. The van der Waals surface area contributed by atoms with Gasteiger partial charge >= 0.3 is 5.69 Å². The molecule has 0 aliphatic carbocycles. The number of halogens is 4. The molecule has 0 atom stereocenters. The third-order valence-electron chi connectivity index (χ3n) is 4.53. The van der Waals surface area contributed by atoms with Crippen molar-refractivity contribution in [1.82, 2.24) is 9.55 Å². The number of rotatable bonds is 5. The average molecular weight is 436 g/mol. The number of hydrogen-bond acceptors (Lipinski definition) is 4. The second kappa shape index (κ2) is 7.75. The van der Waals surface area contributed by atoms with Crippen LogP contribution >= 0.6 is 11.6 Å². The van der Waals surface area contributed by atoms with Crippen LogP contribution in [0.1, 0.15) is 16.8 Å². The number of ether oxygens (including phenoxy) is 1. The van der Waals surface area contributed by atoms with Gasteiger partial charge in [0.25, 0.3) is 0 Å². The number of alkyl halides is 1. The summed E-state index contributed by atoms with van der Waals surface area (Å²) in [5.74, 6) is -2.37. The number of nitrogens with one attached hydrogen (secondary N) is 1. The Kier molecular flexibility index (Phi) is 5.13. The molecule has 2 N–H and O–H groups in total. The Morgan fingerprint density at radius 2 is 2.03 bits per heavy atom. The minimum absolute atomic E-state index is 0.0831. The molecule has 0 radical (unpaired) electrons. The highest BCUT2D eigenvalue weighted by molar-refractivity contribution is 6.33. The molecule has 0 saturated heterocycles. The Morgan fingerprint density at radius 1 is 1.23 bits per heavy atom. The van der Waals surface area contributed by atoms with Crippen LogP contribution in [-0.2, 0) is 6.54 Å². The Labute approximate surface area is 172 Å². The van der Waals surface area contributed by atoms with Crippen LogP contribution in [0.15, 0.2) is 40.1 Å². The molecule has 2 aromatic carbocycles. The summed E-state index contributed by atoms with van der Waals surface area (Å²) in [4.78, 5) is 18.9. The highest BCUT2D eigenvalue weighted by Crippen LogP contribution is 2.44. The first kappa shape index (κ1) is 19.8. The van der Waals surface area contributed by atoms with Gasteiger partial charge in [-0.15, -0.1) is 0 Å². The van der Waals surface area contributed by atoms with Crippen LogP contribution in [0, 0.1) is 11.6 Å². The second-order valence-corrected chi connectivity index (χ2v) is 6.79. The zero-order valence-corrected chi connectivity index (χ0v) is 15.9. The molecule has 154 valence electrons. The normalized spacial score (nSPS) is 13.8. The van der Waals surface area contributed by atoms with Crippen molar-refractivity contribution < 1.29 is 23.0 Å². The van der Waals surface area contributed by atoms with Crippen LogP contribution in [0.5, 0.6) is 11.6 Å². The number of imidazole rings is 1. The molecule has 30 heavy (non-hydrogen) atoms. The van der Waals surface area contributed by atoms with Gasteiger partial charge in [0.05, 0.1) is 11.6 Å². The molecule has 6 nitrogen and oxygen atoms in total. The SMILES string of the molecule is O=c1[nH]c(/C=C2\C=Nc3c2ccc(Cl)c3OCF)c(O)n1Cc1ccc(F)c(F)c1. The first-order valence-corrected chi connectivity index (χ1v) is 9.00. The van der Waals surface area contributed by atoms with Crippen molar-refractivity contribution in [2.75, 3.05) is 6.86 Å². The number of benzene rings is 2. The van der Waals surface area contributed by atoms with Gasteiger partial charge < -0.3 is 14.8 Å². The average Bonchev–Trinajstić information content (AvgIpc) is 3.23. The first-order chi connectivity index (χ1) is 14.4. The molecule has 1 aliphatic rings. The number of aromatic amines is 1. The van der Waals surface area contributed by atoms with E-state index in [1.165, 1.54) is 24.4 Å². The van der Waals surface area contributed by atoms with Gasteiger partial charge in [-0.1, -0.05) is 23.7 Å². The molecular weight excluding hydrogens is 423 g/mol. The third-order valence-corrected chi connectivity index (χ3v) is 4.83. The lowest BCUT2D eigenvalue weighted by Crippen LogP contribution is -2.17. The van der Waals surface area contributed by atoms with Gasteiger partial charge in [0.1, 0.15) is 11.4 Å². The van der Waals surface area contributed by atoms with Gasteiger partial charge in [0.2, 0.25) is 12.7 Å². The molecule has 2 heterocycles. The van der Waals surface area contributed by atoms with E-state index in [2.05, 4.69) is 9.98 Å². The van der Waals surface area contributed by atoms with E-state index in [4.69, 9.17) is 16.3 Å². The van der Waals surface area contributed by atoms with E-state index >= 15 is 0 Å². The number of aromatic hydroxyl groups is 1. The first-order valence-electron chi connectivity index (χ1n) is 8.62. The summed E-state index contributed by atoms with van der Waals surface area (Å²) in [5, 5.41) is 10.7. The summed E-state index contributed by atoms with van der Waals surface area (Å²) in [7, 11) is 0. The van der Waals surface area contributed by atoms with Crippen molar-refractivity contribution in [2.45, 2.75) is 6.54 Å². The minimum Gasteiger partial charge on any atom is -0.493 e. The molecule has 3 aromatic rings. The molecule has 1 aliphatic heterocycles. The van der Waals surface area contributed by atoms with Crippen LogP contribution < -0.4 is 10.4 Å². The van der Waals surface area contributed by atoms with Gasteiger partial charge in [0, 0.05) is 17.4 Å². The number of H-pyrrole nitrogens is 1. The van der Waals surface area contributed by atoms with E-state index < -0.39 is 30.1 Å². The van der Waals surface area contributed by atoms with Crippen molar-refractivity contribution in [2.24, 2.45) is 4.99 Å². The van der Waals surface area contributed by atoms with Crippen molar-refractivity contribution in [1.29, 1.82) is 0 Å². The maximum atomic E-state index is 13.4. The highest BCUT2D eigenvalue weighted by atomic mass is 35.5. The zero-order valence-electron chi connectivity index (χ0n) is 15.1. The number of fused-ring (bicyclic) bond motifs is 1. The van der Waals surface area contributed by atoms with Crippen molar-refractivity contribution in [3.63, 3.8) is 0 Å². The lowest BCUT2D eigenvalue weighted by atomic mass is 10.1. The quantitative estimate of drug-likeness (QED) is 0.622. The fourth-order valence-electron chi connectivity index (χ4n) is 3.12.